The molecule has 0 bridgehead atoms. The molecule has 1 atom stereocenters. The molecule has 32 heavy (non-hydrogen) atoms. The fourth-order valence-corrected chi connectivity index (χ4v) is 4.75. The summed E-state index contributed by atoms with van der Waals surface area (Å²) in [6, 6.07) is 14.2. The molecule has 170 valence electrons. The van der Waals surface area contributed by atoms with Gasteiger partial charge in [-0.15, -0.1) is 0 Å². The highest BCUT2D eigenvalue weighted by molar-refractivity contribution is 6.09. The highest BCUT2D eigenvalue weighted by atomic mass is 16.5. The van der Waals surface area contributed by atoms with Crippen LogP contribution in [0.25, 0.3) is 16.6 Å². The predicted octanol–water partition coefficient (Wildman–Crippen LogP) is 4.92. The van der Waals surface area contributed by atoms with E-state index in [9.17, 15) is 9.90 Å². The number of carbonyl (C=O) groups is 1. The van der Waals surface area contributed by atoms with Gasteiger partial charge in [0.15, 0.2) is 5.78 Å². The zero-order valence-electron chi connectivity index (χ0n) is 19.6. The van der Waals surface area contributed by atoms with Crippen molar-refractivity contribution in [3.05, 3.63) is 59.3 Å². The predicted molar refractivity (Wildman–Crippen MR) is 129 cm³/mol. The minimum absolute atomic E-state index is 0.0369. The number of nitrogens with zero attached hydrogens (tertiary/aromatic N) is 2. The van der Waals surface area contributed by atoms with Crippen molar-refractivity contribution in [2.45, 2.75) is 46.6 Å². The van der Waals surface area contributed by atoms with Crippen molar-refractivity contribution in [3.8, 4) is 11.4 Å². The molecule has 1 unspecified atom stereocenters. The Morgan fingerprint density at radius 1 is 1.12 bits per heavy atom. The summed E-state index contributed by atoms with van der Waals surface area (Å²) < 4.78 is 8.07. The van der Waals surface area contributed by atoms with Crippen molar-refractivity contribution in [3.63, 3.8) is 0 Å². The molecule has 0 saturated carbocycles. The number of benzene rings is 2. The molecule has 0 aliphatic carbocycles. The first-order valence-electron chi connectivity index (χ1n) is 11.6. The van der Waals surface area contributed by atoms with E-state index in [1.54, 1.807) is 6.92 Å². The maximum atomic E-state index is 12.5. The average molecular weight is 435 g/mol. The van der Waals surface area contributed by atoms with E-state index in [0.29, 0.717) is 17.9 Å². The number of fused-ring (bicyclic) bond motifs is 1. The van der Waals surface area contributed by atoms with Gasteiger partial charge in [0.05, 0.1) is 5.52 Å². The lowest BCUT2D eigenvalue weighted by molar-refractivity contribution is 0.0563. The fraction of sp³-hybridized carbons (Fsp3) is 0.444. The molecule has 5 nitrogen and oxygen atoms in total. The number of β-amino-alcohol motifs (C(OH)–C–C–N with tert-alkyl or cyclic N) is 1. The summed E-state index contributed by atoms with van der Waals surface area (Å²) in [5.41, 5.74) is 4.85. The van der Waals surface area contributed by atoms with Crippen LogP contribution < -0.4 is 4.74 Å². The van der Waals surface area contributed by atoms with Crippen LogP contribution in [0.1, 0.15) is 48.3 Å². The first-order chi connectivity index (χ1) is 15.3. The van der Waals surface area contributed by atoms with Gasteiger partial charge < -0.3 is 19.3 Å². The monoisotopic (exact) mass is 434 g/mol. The van der Waals surface area contributed by atoms with Gasteiger partial charge in [0, 0.05) is 28.9 Å². The summed E-state index contributed by atoms with van der Waals surface area (Å²) in [6.45, 7) is 10.9. The van der Waals surface area contributed by atoms with Crippen molar-refractivity contribution in [2.75, 3.05) is 26.2 Å². The zero-order valence-corrected chi connectivity index (χ0v) is 19.6. The Kier molecular flexibility index (Phi) is 6.68. The Hall–Kier alpha value is -2.63. The lowest BCUT2D eigenvalue weighted by Crippen LogP contribution is -2.40. The van der Waals surface area contributed by atoms with Crippen LogP contribution in [0.15, 0.2) is 42.5 Å². The molecule has 2 aromatic carbocycles. The van der Waals surface area contributed by atoms with Crippen LogP contribution in [-0.4, -0.2) is 52.7 Å². The summed E-state index contributed by atoms with van der Waals surface area (Å²) in [5, 5.41) is 11.4. The number of Topliss-reactive ketones (excluding diaryl/α,β-unsaturated/α-hetero) is 1. The quantitative estimate of drug-likeness (QED) is 0.536. The van der Waals surface area contributed by atoms with Crippen LogP contribution in [0.3, 0.4) is 0 Å². The first kappa shape index (κ1) is 22.6. The van der Waals surface area contributed by atoms with Gasteiger partial charge in [0.1, 0.15) is 18.5 Å². The molecule has 0 radical (unpaired) electrons. The molecule has 1 aliphatic heterocycles. The maximum absolute atomic E-state index is 12.5. The zero-order chi connectivity index (χ0) is 22.8. The molecule has 1 aliphatic rings. The summed E-state index contributed by atoms with van der Waals surface area (Å²) >= 11 is 0. The van der Waals surface area contributed by atoms with Crippen molar-refractivity contribution in [1.82, 2.24) is 9.47 Å². The minimum atomic E-state index is -0.537. The van der Waals surface area contributed by atoms with Crippen LogP contribution in [0.4, 0.5) is 0 Å². The van der Waals surface area contributed by atoms with Crippen molar-refractivity contribution in [1.29, 1.82) is 0 Å². The van der Waals surface area contributed by atoms with E-state index < -0.39 is 6.10 Å². The third-order valence-corrected chi connectivity index (χ3v) is 6.61. The summed E-state index contributed by atoms with van der Waals surface area (Å²) in [4.78, 5) is 14.8. The second-order valence-electron chi connectivity index (χ2n) is 9.31. The van der Waals surface area contributed by atoms with Crippen molar-refractivity contribution in [2.24, 2.45) is 5.92 Å². The van der Waals surface area contributed by atoms with E-state index in [1.807, 2.05) is 25.1 Å². The number of ether oxygens (including phenoxy) is 1. The van der Waals surface area contributed by atoms with Crippen LogP contribution in [0, 0.1) is 19.8 Å². The van der Waals surface area contributed by atoms with Gasteiger partial charge in [0.2, 0.25) is 0 Å². The molecule has 0 amide bonds. The number of likely N-dealkylation sites (tertiary alicyclic amines) is 1. The smallest absolute Gasteiger partial charge is 0.162 e. The van der Waals surface area contributed by atoms with E-state index in [2.05, 4.69) is 47.6 Å². The molecule has 1 N–H and O–H groups in total. The number of ketones is 1. The molecule has 4 rings (SSSR count). The van der Waals surface area contributed by atoms with Gasteiger partial charge in [-0.25, -0.2) is 0 Å². The number of carbonyl (C=O) groups excluding carboxylic acids is 1. The van der Waals surface area contributed by atoms with Gasteiger partial charge in [0.25, 0.3) is 0 Å². The lowest BCUT2D eigenvalue weighted by Gasteiger charge is -2.31. The molecule has 5 heteroatoms. The van der Waals surface area contributed by atoms with Crippen molar-refractivity contribution < 1.29 is 14.6 Å². The Morgan fingerprint density at radius 3 is 2.47 bits per heavy atom. The Morgan fingerprint density at radius 2 is 1.81 bits per heavy atom. The maximum Gasteiger partial charge on any atom is 0.162 e. The number of hydrogen-bond donors (Lipinski definition) is 1. The molecule has 3 aromatic rings. The molecular weight excluding hydrogens is 400 g/mol. The average Bonchev–Trinajstić information content (AvgIpc) is 3.06. The molecule has 1 aromatic heterocycles. The number of aliphatic hydroxyl groups is 1. The van der Waals surface area contributed by atoms with Crippen LogP contribution >= 0.6 is 0 Å². The number of aromatic nitrogens is 1. The van der Waals surface area contributed by atoms with E-state index in [1.165, 1.54) is 18.4 Å². The van der Waals surface area contributed by atoms with Crippen LogP contribution in [-0.2, 0) is 0 Å². The topological polar surface area (TPSA) is 54.7 Å². The Labute approximate surface area is 190 Å². The fourth-order valence-electron chi connectivity index (χ4n) is 4.75. The molecule has 0 spiro atoms. The first-order valence-corrected chi connectivity index (χ1v) is 11.6. The Bertz CT molecular complexity index is 1090. The summed E-state index contributed by atoms with van der Waals surface area (Å²) in [6.07, 6.45) is 1.84. The highest BCUT2D eigenvalue weighted by Gasteiger charge is 2.21. The number of hydrogen-bond acceptors (Lipinski definition) is 4. The van der Waals surface area contributed by atoms with E-state index in [4.69, 9.17) is 4.74 Å². The SMILES string of the molecule is CC(=O)c1c(C)n(-c2ccc(C)cc2)c2ccc(OCC(O)CN3CCC(C)CC3)cc12. The molecule has 1 fully saturated rings. The number of piperidine rings is 1. The third kappa shape index (κ3) is 4.74. The Balaban J connectivity index is 1.55. The largest absolute Gasteiger partial charge is 0.491 e. The number of rotatable bonds is 7. The highest BCUT2D eigenvalue weighted by Crippen LogP contribution is 2.32. The standard InChI is InChI=1S/C27H34N2O3/c1-18-5-7-22(8-6-18)29-20(3)27(21(4)30)25-15-24(9-10-26(25)29)32-17-23(31)16-28-13-11-19(2)12-14-28/h5-10,15,19,23,31H,11-14,16-17H2,1-4H3. The van der Waals surface area contributed by atoms with Gasteiger partial charge in [-0.2, -0.15) is 0 Å². The molecule has 2 heterocycles. The van der Waals surface area contributed by atoms with Gasteiger partial charge in [-0.1, -0.05) is 24.6 Å². The number of aliphatic hydroxyl groups excluding tert-OH is 1. The summed E-state index contributed by atoms with van der Waals surface area (Å²) in [7, 11) is 0. The second-order valence-corrected chi connectivity index (χ2v) is 9.31. The van der Waals surface area contributed by atoms with Gasteiger partial charge in [-0.3, -0.25) is 4.79 Å². The van der Waals surface area contributed by atoms with Crippen LogP contribution in [0.5, 0.6) is 5.75 Å². The van der Waals surface area contributed by atoms with E-state index in [0.717, 1.165) is 41.3 Å². The van der Waals surface area contributed by atoms with Crippen LogP contribution in [0.2, 0.25) is 0 Å². The number of aryl methyl sites for hydroxylation is 1. The molecular formula is C27H34N2O3. The van der Waals surface area contributed by atoms with E-state index in [-0.39, 0.29) is 12.4 Å². The van der Waals surface area contributed by atoms with Crippen molar-refractivity contribution >= 4 is 16.7 Å². The molecule has 1 saturated heterocycles. The minimum Gasteiger partial charge on any atom is -0.491 e. The second kappa shape index (κ2) is 9.47. The normalized spacial score (nSPS) is 16.4. The van der Waals surface area contributed by atoms with E-state index >= 15 is 0 Å². The van der Waals surface area contributed by atoms with Gasteiger partial charge in [-0.05, 0) is 83.0 Å². The van der Waals surface area contributed by atoms with Gasteiger partial charge >= 0.3 is 0 Å². The lowest BCUT2D eigenvalue weighted by atomic mass is 9.99. The summed E-state index contributed by atoms with van der Waals surface area (Å²) in [5.74, 6) is 1.49. The third-order valence-electron chi connectivity index (χ3n) is 6.61.